The summed E-state index contributed by atoms with van der Waals surface area (Å²) in [6.07, 6.45) is 3.08. The maximum atomic E-state index is 12.0. The molecule has 3 rings (SSSR count). The van der Waals surface area contributed by atoms with Crippen LogP contribution in [0, 0.1) is 0 Å². The third-order valence-electron chi connectivity index (χ3n) is 3.91. The molecule has 2 aliphatic heterocycles. The van der Waals surface area contributed by atoms with Crippen LogP contribution in [0.5, 0.6) is 0 Å². The smallest absolute Gasteiger partial charge is 0.162 e. The highest BCUT2D eigenvalue weighted by Crippen LogP contribution is 2.36. The van der Waals surface area contributed by atoms with E-state index in [1.54, 1.807) is 0 Å². The van der Waals surface area contributed by atoms with Crippen molar-refractivity contribution in [2.45, 2.75) is 32.2 Å². The number of benzene rings is 1. The molecule has 1 atom stereocenters. The maximum Gasteiger partial charge on any atom is 0.162 e. The fraction of sp³-hybridized carbons (Fsp3) is 0.400. The number of hydrogen-bond donors (Lipinski definition) is 0. The van der Waals surface area contributed by atoms with Crippen molar-refractivity contribution < 1.29 is 4.79 Å². The lowest BCUT2D eigenvalue weighted by Crippen LogP contribution is -2.35. The van der Waals surface area contributed by atoms with E-state index in [1.165, 1.54) is 17.7 Å². The number of Topliss-reactive ketones (excluding diaryl/α,β-unsaturated/α-hetero) is 1. The fourth-order valence-corrected chi connectivity index (χ4v) is 3.04. The van der Waals surface area contributed by atoms with E-state index in [-0.39, 0.29) is 0 Å². The van der Waals surface area contributed by atoms with Crippen LogP contribution in [0.2, 0.25) is 0 Å². The van der Waals surface area contributed by atoms with Crippen LogP contribution >= 0.6 is 0 Å². The second-order valence-electron chi connectivity index (χ2n) is 4.96. The second kappa shape index (κ2) is 4.02. The SMILES string of the molecule is CC1=C(c2ccccc2)N2CCCC2CC1=O. The predicted molar refractivity (Wildman–Crippen MR) is 68.4 cm³/mol. The molecule has 1 aromatic carbocycles. The van der Waals surface area contributed by atoms with Gasteiger partial charge in [0.25, 0.3) is 0 Å². The van der Waals surface area contributed by atoms with E-state index < -0.39 is 0 Å². The van der Waals surface area contributed by atoms with Crippen molar-refractivity contribution >= 4 is 11.5 Å². The third kappa shape index (κ3) is 1.68. The van der Waals surface area contributed by atoms with E-state index in [1.807, 2.05) is 25.1 Å². The summed E-state index contributed by atoms with van der Waals surface area (Å²) in [6, 6.07) is 10.8. The molecule has 2 aliphatic rings. The minimum Gasteiger partial charge on any atom is -0.367 e. The lowest BCUT2D eigenvalue weighted by Gasteiger charge is -2.34. The lowest BCUT2D eigenvalue weighted by atomic mass is 9.93. The molecule has 0 saturated carbocycles. The van der Waals surface area contributed by atoms with E-state index in [0.717, 1.165) is 18.5 Å². The van der Waals surface area contributed by atoms with Gasteiger partial charge in [-0.05, 0) is 25.3 Å². The Bertz CT molecular complexity index is 475. The van der Waals surface area contributed by atoms with Crippen LogP contribution in [0.4, 0.5) is 0 Å². The first kappa shape index (κ1) is 10.6. The van der Waals surface area contributed by atoms with Gasteiger partial charge in [-0.3, -0.25) is 4.79 Å². The molecule has 1 unspecified atom stereocenters. The average Bonchev–Trinajstić information content (AvgIpc) is 2.79. The van der Waals surface area contributed by atoms with E-state index >= 15 is 0 Å². The Kier molecular flexibility index (Phi) is 2.50. The molecular weight excluding hydrogens is 210 g/mol. The van der Waals surface area contributed by atoms with Crippen LogP contribution in [0.1, 0.15) is 31.7 Å². The maximum absolute atomic E-state index is 12.0. The van der Waals surface area contributed by atoms with E-state index in [0.29, 0.717) is 18.2 Å². The summed E-state index contributed by atoms with van der Waals surface area (Å²) in [5, 5.41) is 0. The van der Waals surface area contributed by atoms with Gasteiger partial charge in [-0.25, -0.2) is 0 Å². The zero-order valence-electron chi connectivity index (χ0n) is 10.1. The van der Waals surface area contributed by atoms with Crippen molar-refractivity contribution in [3.8, 4) is 0 Å². The van der Waals surface area contributed by atoms with E-state index in [2.05, 4.69) is 17.0 Å². The molecule has 0 spiro atoms. The van der Waals surface area contributed by atoms with Gasteiger partial charge in [-0.1, -0.05) is 30.3 Å². The summed E-state index contributed by atoms with van der Waals surface area (Å²) in [6.45, 7) is 3.07. The molecule has 2 nitrogen and oxygen atoms in total. The molecule has 0 aliphatic carbocycles. The first-order valence-electron chi connectivity index (χ1n) is 6.33. The molecule has 0 aromatic heterocycles. The Balaban J connectivity index is 2.10. The van der Waals surface area contributed by atoms with Gasteiger partial charge >= 0.3 is 0 Å². The summed E-state index contributed by atoms with van der Waals surface area (Å²) < 4.78 is 0. The third-order valence-corrected chi connectivity index (χ3v) is 3.91. The van der Waals surface area contributed by atoms with Crippen LogP contribution in [0.15, 0.2) is 35.9 Å². The number of fused-ring (bicyclic) bond motifs is 1. The monoisotopic (exact) mass is 227 g/mol. The molecule has 0 radical (unpaired) electrons. The Labute approximate surface area is 102 Å². The van der Waals surface area contributed by atoms with Crippen molar-refractivity contribution in [1.82, 2.24) is 4.90 Å². The molecule has 88 valence electrons. The van der Waals surface area contributed by atoms with Crippen molar-refractivity contribution in [2.24, 2.45) is 0 Å². The number of allylic oxidation sites excluding steroid dienone is 1. The molecule has 0 N–H and O–H groups in total. The summed E-state index contributed by atoms with van der Waals surface area (Å²) in [4.78, 5) is 14.5. The Morgan fingerprint density at radius 1 is 1.24 bits per heavy atom. The fourth-order valence-electron chi connectivity index (χ4n) is 3.04. The van der Waals surface area contributed by atoms with Gasteiger partial charge in [0.1, 0.15) is 0 Å². The average molecular weight is 227 g/mol. The molecule has 2 heteroatoms. The highest BCUT2D eigenvalue weighted by Gasteiger charge is 2.35. The quantitative estimate of drug-likeness (QED) is 0.735. The van der Waals surface area contributed by atoms with Crippen molar-refractivity contribution in [3.05, 3.63) is 41.5 Å². The first-order valence-corrected chi connectivity index (χ1v) is 6.33. The molecule has 1 aromatic rings. The van der Waals surface area contributed by atoms with Crippen LogP contribution in [-0.2, 0) is 4.79 Å². The predicted octanol–water partition coefficient (Wildman–Crippen LogP) is 2.85. The molecular formula is C15H17NO. The van der Waals surface area contributed by atoms with Crippen molar-refractivity contribution in [3.63, 3.8) is 0 Å². The number of carbonyl (C=O) groups excluding carboxylic acids is 1. The van der Waals surface area contributed by atoms with E-state index in [4.69, 9.17) is 0 Å². The summed E-state index contributed by atoms with van der Waals surface area (Å²) in [5.74, 6) is 0.326. The Morgan fingerprint density at radius 3 is 2.76 bits per heavy atom. The molecule has 0 bridgehead atoms. The second-order valence-corrected chi connectivity index (χ2v) is 4.96. The zero-order valence-corrected chi connectivity index (χ0v) is 10.1. The summed E-state index contributed by atoms with van der Waals surface area (Å²) >= 11 is 0. The number of ketones is 1. The zero-order chi connectivity index (χ0) is 11.8. The lowest BCUT2D eigenvalue weighted by molar-refractivity contribution is -0.116. The first-order chi connectivity index (χ1) is 8.27. The number of carbonyl (C=O) groups is 1. The number of rotatable bonds is 1. The molecule has 2 heterocycles. The van der Waals surface area contributed by atoms with E-state index in [9.17, 15) is 4.79 Å². The topological polar surface area (TPSA) is 20.3 Å². The summed E-state index contributed by atoms with van der Waals surface area (Å²) in [7, 11) is 0. The highest BCUT2D eigenvalue weighted by molar-refractivity contribution is 6.03. The van der Waals surface area contributed by atoms with Crippen molar-refractivity contribution in [1.29, 1.82) is 0 Å². The molecule has 1 saturated heterocycles. The Morgan fingerprint density at radius 2 is 2.00 bits per heavy atom. The van der Waals surface area contributed by atoms with Gasteiger partial charge in [0.15, 0.2) is 5.78 Å². The van der Waals surface area contributed by atoms with Gasteiger partial charge in [0, 0.05) is 24.6 Å². The molecule has 17 heavy (non-hydrogen) atoms. The summed E-state index contributed by atoms with van der Waals surface area (Å²) in [5.41, 5.74) is 3.30. The Hall–Kier alpha value is -1.57. The van der Waals surface area contributed by atoms with Crippen LogP contribution < -0.4 is 0 Å². The number of hydrogen-bond acceptors (Lipinski definition) is 2. The standard InChI is InChI=1S/C15H17NO/c1-11-14(17)10-13-8-5-9-16(13)15(11)12-6-3-2-4-7-12/h2-4,6-7,13H,5,8-10H2,1H3. The van der Waals surface area contributed by atoms with Gasteiger partial charge < -0.3 is 4.90 Å². The van der Waals surface area contributed by atoms with Crippen molar-refractivity contribution in [2.75, 3.05) is 6.54 Å². The van der Waals surface area contributed by atoms with Crippen LogP contribution in [0.25, 0.3) is 5.70 Å². The van der Waals surface area contributed by atoms with Crippen LogP contribution in [-0.4, -0.2) is 23.3 Å². The number of nitrogens with zero attached hydrogens (tertiary/aromatic N) is 1. The van der Waals surface area contributed by atoms with Gasteiger partial charge in [0.2, 0.25) is 0 Å². The minimum absolute atomic E-state index is 0.326. The highest BCUT2D eigenvalue weighted by atomic mass is 16.1. The van der Waals surface area contributed by atoms with Crippen LogP contribution in [0.3, 0.4) is 0 Å². The normalized spacial score (nSPS) is 24.2. The largest absolute Gasteiger partial charge is 0.367 e. The minimum atomic E-state index is 0.326. The molecule has 0 amide bonds. The van der Waals surface area contributed by atoms with Gasteiger partial charge in [-0.2, -0.15) is 0 Å². The van der Waals surface area contributed by atoms with Gasteiger partial charge in [-0.15, -0.1) is 0 Å². The van der Waals surface area contributed by atoms with Gasteiger partial charge in [0.05, 0.1) is 5.70 Å². The molecule has 1 fully saturated rings.